The van der Waals surface area contributed by atoms with Gasteiger partial charge in [-0.05, 0) is 86.2 Å². The normalized spacial score (nSPS) is 11.1. The molecule has 0 fully saturated rings. The summed E-state index contributed by atoms with van der Waals surface area (Å²) >= 11 is 19.2. The summed E-state index contributed by atoms with van der Waals surface area (Å²) < 4.78 is 7.25. The number of ether oxygens (including phenoxy) is 1. The lowest BCUT2D eigenvalue weighted by molar-refractivity contribution is -0.117. The molecule has 0 saturated carbocycles. The smallest absolute Gasteiger partial charge is 0.261 e. The average molecular weight is 623 g/mol. The van der Waals surface area contributed by atoms with Crippen LogP contribution in [0.15, 0.2) is 75.2 Å². The Balaban J connectivity index is 1.62. The Bertz CT molecular complexity index is 1220. The van der Waals surface area contributed by atoms with Crippen LogP contribution in [-0.4, -0.2) is 12.5 Å². The van der Waals surface area contributed by atoms with Gasteiger partial charge in [-0.25, -0.2) is 0 Å². The first-order valence-electron chi connectivity index (χ1n) is 10.4. The van der Waals surface area contributed by atoms with Crippen molar-refractivity contribution < 1.29 is 9.53 Å². The molecule has 174 valence electrons. The molecule has 34 heavy (non-hydrogen) atoms. The summed E-state index contributed by atoms with van der Waals surface area (Å²) in [5.74, 6) is 0.174. The first-order chi connectivity index (χ1) is 16.4. The van der Waals surface area contributed by atoms with Crippen LogP contribution in [-0.2, 0) is 17.8 Å². The molecule has 0 atom stereocenters. The van der Waals surface area contributed by atoms with E-state index in [9.17, 15) is 10.1 Å². The third kappa shape index (κ3) is 7.61. The summed E-state index contributed by atoms with van der Waals surface area (Å²) in [7, 11) is 0. The van der Waals surface area contributed by atoms with Crippen LogP contribution in [0.2, 0.25) is 10.0 Å². The molecule has 3 rings (SSSR count). The van der Waals surface area contributed by atoms with Crippen molar-refractivity contribution in [3.05, 3.63) is 102 Å². The van der Waals surface area contributed by atoms with Gasteiger partial charge in [0.15, 0.2) is 0 Å². The topological polar surface area (TPSA) is 62.1 Å². The highest BCUT2D eigenvalue weighted by Crippen LogP contribution is 2.36. The summed E-state index contributed by atoms with van der Waals surface area (Å²) in [4.78, 5) is 12.5. The minimum absolute atomic E-state index is 0.0279. The molecule has 0 unspecified atom stereocenters. The van der Waals surface area contributed by atoms with Crippen molar-refractivity contribution in [1.82, 2.24) is 5.32 Å². The number of hydrogen-bond acceptors (Lipinski definition) is 3. The molecule has 4 nitrogen and oxygen atoms in total. The summed E-state index contributed by atoms with van der Waals surface area (Å²) in [6.45, 7) is 0.734. The number of nitrogens with zero attached hydrogens (tertiary/aromatic N) is 1. The lowest BCUT2D eigenvalue weighted by Gasteiger charge is -2.12. The van der Waals surface area contributed by atoms with E-state index in [-0.39, 0.29) is 12.2 Å². The minimum atomic E-state index is -0.402. The molecule has 0 radical (unpaired) electrons. The van der Waals surface area contributed by atoms with E-state index in [1.54, 1.807) is 36.4 Å². The Morgan fingerprint density at radius 1 is 1.06 bits per heavy atom. The maximum absolute atomic E-state index is 12.5. The molecule has 3 aromatic rings. The molecule has 0 spiro atoms. The molecule has 0 aliphatic heterocycles. The van der Waals surface area contributed by atoms with Crippen LogP contribution < -0.4 is 10.1 Å². The highest BCUT2D eigenvalue weighted by molar-refractivity contribution is 9.11. The standard InChI is InChI=1S/C26H20Br2Cl2N2O2/c27-22-12-18(13-23(28)25(22)34-16-19-8-9-21(29)14-24(19)30)11-20(15-31)26(33)32-10-4-7-17-5-2-1-3-6-17/h1-3,5-6,8-9,11-14H,4,7,10,16H2,(H,32,33)/b20-11-. The van der Waals surface area contributed by atoms with Gasteiger partial charge in [-0.3, -0.25) is 4.79 Å². The Kier molecular flexibility index (Phi) is 10.0. The highest BCUT2D eigenvalue weighted by atomic mass is 79.9. The maximum Gasteiger partial charge on any atom is 0.261 e. The molecular formula is C26H20Br2Cl2N2O2. The number of amides is 1. The number of nitriles is 1. The molecule has 1 amide bonds. The number of carbonyl (C=O) groups is 1. The van der Waals surface area contributed by atoms with Crippen LogP contribution >= 0.6 is 55.1 Å². The van der Waals surface area contributed by atoms with Crippen LogP contribution in [0.4, 0.5) is 0 Å². The van der Waals surface area contributed by atoms with Gasteiger partial charge in [0.25, 0.3) is 5.91 Å². The van der Waals surface area contributed by atoms with Gasteiger partial charge >= 0.3 is 0 Å². The lowest BCUT2D eigenvalue weighted by atomic mass is 10.1. The van der Waals surface area contributed by atoms with Gasteiger partial charge in [-0.1, -0.05) is 59.6 Å². The van der Waals surface area contributed by atoms with E-state index in [0.717, 1.165) is 18.4 Å². The van der Waals surface area contributed by atoms with Crippen molar-refractivity contribution in [3.63, 3.8) is 0 Å². The summed E-state index contributed by atoms with van der Waals surface area (Å²) in [5, 5.41) is 13.4. The fourth-order valence-corrected chi connectivity index (χ4v) is 5.05. The molecule has 0 bridgehead atoms. The van der Waals surface area contributed by atoms with Gasteiger partial charge in [-0.2, -0.15) is 5.26 Å². The molecule has 0 heterocycles. The predicted molar refractivity (Wildman–Crippen MR) is 144 cm³/mol. The number of aryl methyl sites for hydroxylation is 1. The number of carbonyl (C=O) groups excluding carboxylic acids is 1. The Morgan fingerprint density at radius 3 is 2.41 bits per heavy atom. The third-order valence-corrected chi connectivity index (χ3v) is 6.62. The molecule has 0 aromatic heterocycles. The van der Waals surface area contributed by atoms with E-state index < -0.39 is 5.91 Å². The van der Waals surface area contributed by atoms with Gasteiger partial charge in [0.05, 0.1) is 8.95 Å². The second kappa shape index (κ2) is 13.0. The molecule has 0 aliphatic rings. The van der Waals surface area contributed by atoms with Crippen molar-refractivity contribution in [3.8, 4) is 11.8 Å². The SMILES string of the molecule is N#C/C(=C/c1cc(Br)c(OCc2ccc(Cl)cc2Cl)c(Br)c1)C(=O)NCCCc1ccccc1. The quantitative estimate of drug-likeness (QED) is 0.151. The van der Waals surface area contributed by atoms with Crippen molar-refractivity contribution >= 4 is 67.0 Å². The molecular weight excluding hydrogens is 603 g/mol. The van der Waals surface area contributed by atoms with Crippen molar-refractivity contribution in [2.75, 3.05) is 6.54 Å². The molecule has 0 aliphatic carbocycles. The van der Waals surface area contributed by atoms with Crippen molar-refractivity contribution in [2.24, 2.45) is 0 Å². The van der Waals surface area contributed by atoms with Gasteiger partial charge in [0.1, 0.15) is 24.0 Å². The first kappa shape index (κ1) is 26.3. The van der Waals surface area contributed by atoms with Gasteiger partial charge in [-0.15, -0.1) is 0 Å². The zero-order valence-corrected chi connectivity index (χ0v) is 22.6. The highest BCUT2D eigenvalue weighted by Gasteiger charge is 2.13. The Labute approximate surface area is 225 Å². The van der Waals surface area contributed by atoms with Crippen LogP contribution in [0.1, 0.15) is 23.1 Å². The predicted octanol–water partition coefficient (Wildman–Crippen LogP) is 7.75. The van der Waals surface area contributed by atoms with Crippen LogP contribution in [0.5, 0.6) is 5.75 Å². The molecule has 3 aromatic carbocycles. The molecule has 1 N–H and O–H groups in total. The summed E-state index contributed by atoms with van der Waals surface area (Å²) in [5.41, 5.74) is 2.71. The third-order valence-electron chi connectivity index (χ3n) is 4.85. The van der Waals surface area contributed by atoms with Crippen molar-refractivity contribution in [2.45, 2.75) is 19.4 Å². The minimum Gasteiger partial charge on any atom is -0.486 e. The van der Waals surface area contributed by atoms with E-state index in [1.165, 1.54) is 5.56 Å². The van der Waals surface area contributed by atoms with Crippen LogP contribution in [0.25, 0.3) is 6.08 Å². The zero-order valence-electron chi connectivity index (χ0n) is 18.0. The molecule has 8 heteroatoms. The number of benzene rings is 3. The largest absolute Gasteiger partial charge is 0.486 e. The lowest BCUT2D eigenvalue weighted by Crippen LogP contribution is -2.25. The van der Waals surface area contributed by atoms with E-state index in [0.29, 0.717) is 36.8 Å². The summed E-state index contributed by atoms with van der Waals surface area (Å²) in [6, 6.07) is 20.8. The number of nitrogens with one attached hydrogen (secondary N) is 1. The van der Waals surface area contributed by atoms with Crippen molar-refractivity contribution in [1.29, 1.82) is 5.26 Å². The maximum atomic E-state index is 12.5. The second-order valence-electron chi connectivity index (χ2n) is 7.35. The van der Waals surface area contributed by atoms with Gasteiger partial charge in [0, 0.05) is 22.2 Å². The number of halogens is 4. The average Bonchev–Trinajstić information content (AvgIpc) is 2.81. The van der Waals surface area contributed by atoms with E-state index in [4.69, 9.17) is 27.9 Å². The monoisotopic (exact) mass is 620 g/mol. The zero-order chi connectivity index (χ0) is 24.5. The Morgan fingerprint density at radius 2 is 1.76 bits per heavy atom. The van der Waals surface area contributed by atoms with Crippen LogP contribution in [0.3, 0.4) is 0 Å². The molecule has 0 saturated heterocycles. The fraction of sp³-hybridized carbons (Fsp3) is 0.154. The van der Waals surface area contributed by atoms with Gasteiger partial charge < -0.3 is 10.1 Å². The second-order valence-corrected chi connectivity index (χ2v) is 9.91. The van der Waals surface area contributed by atoms with E-state index in [2.05, 4.69) is 49.3 Å². The van der Waals surface area contributed by atoms with Crippen LogP contribution in [0, 0.1) is 11.3 Å². The van der Waals surface area contributed by atoms with Gasteiger partial charge in [0.2, 0.25) is 0 Å². The fourth-order valence-electron chi connectivity index (χ4n) is 3.14. The Hall–Kier alpha value is -2.30. The number of rotatable bonds is 9. The van der Waals surface area contributed by atoms with E-state index >= 15 is 0 Å². The summed E-state index contributed by atoms with van der Waals surface area (Å²) in [6.07, 6.45) is 3.19. The van der Waals surface area contributed by atoms with E-state index in [1.807, 2.05) is 24.3 Å². The number of hydrogen-bond donors (Lipinski definition) is 1. The first-order valence-corrected chi connectivity index (χ1v) is 12.7.